The molecule has 0 saturated carbocycles. The van der Waals surface area contributed by atoms with E-state index in [9.17, 15) is 9.59 Å². The van der Waals surface area contributed by atoms with Crippen molar-refractivity contribution < 1.29 is 14.7 Å². The predicted octanol–water partition coefficient (Wildman–Crippen LogP) is 0.229. The Morgan fingerprint density at radius 1 is 1.39 bits per heavy atom. The van der Waals surface area contributed by atoms with E-state index in [4.69, 9.17) is 10.8 Å². The zero-order chi connectivity index (χ0) is 13.7. The molecule has 98 valence electrons. The van der Waals surface area contributed by atoms with Crippen LogP contribution in [-0.2, 0) is 4.79 Å². The highest BCUT2D eigenvalue weighted by molar-refractivity contribution is 6.00. The summed E-state index contributed by atoms with van der Waals surface area (Å²) in [5.41, 5.74) is 5.98. The van der Waals surface area contributed by atoms with Crippen molar-refractivity contribution in [2.75, 3.05) is 12.3 Å². The standard InChI is InChI=1S/C12H17N3O3/c1-7(2)15-11(17)6-14-12(18)9-4-3-8(16)5-10(9)13/h3-5,7,16H,6,13H2,1-2H3,(H,14,18)(H,15,17). The Balaban J connectivity index is 2.58. The van der Waals surface area contributed by atoms with Gasteiger partial charge in [0, 0.05) is 17.8 Å². The molecule has 18 heavy (non-hydrogen) atoms. The summed E-state index contributed by atoms with van der Waals surface area (Å²) in [6, 6.07) is 4.07. The van der Waals surface area contributed by atoms with Gasteiger partial charge in [0.2, 0.25) is 5.91 Å². The average Bonchev–Trinajstić information content (AvgIpc) is 2.25. The van der Waals surface area contributed by atoms with Gasteiger partial charge >= 0.3 is 0 Å². The fourth-order valence-corrected chi connectivity index (χ4v) is 1.39. The van der Waals surface area contributed by atoms with E-state index in [2.05, 4.69) is 10.6 Å². The zero-order valence-electron chi connectivity index (χ0n) is 10.4. The van der Waals surface area contributed by atoms with Crippen molar-refractivity contribution in [2.45, 2.75) is 19.9 Å². The molecule has 0 fully saturated rings. The Kier molecular flexibility index (Phi) is 4.53. The molecule has 0 aliphatic carbocycles. The molecule has 2 amide bonds. The summed E-state index contributed by atoms with van der Waals surface area (Å²) in [5.74, 6) is -0.733. The molecule has 0 spiro atoms. The molecular formula is C12H17N3O3. The molecule has 0 radical (unpaired) electrons. The number of phenolic OH excluding ortho intramolecular Hbond substituents is 1. The van der Waals surface area contributed by atoms with Crippen molar-refractivity contribution in [3.05, 3.63) is 23.8 Å². The lowest BCUT2D eigenvalue weighted by Gasteiger charge is -2.10. The van der Waals surface area contributed by atoms with Crippen LogP contribution in [0.1, 0.15) is 24.2 Å². The lowest BCUT2D eigenvalue weighted by Crippen LogP contribution is -2.39. The number of benzene rings is 1. The third-order valence-corrected chi connectivity index (χ3v) is 2.14. The Bertz CT molecular complexity index is 458. The van der Waals surface area contributed by atoms with E-state index in [0.29, 0.717) is 0 Å². The fourth-order valence-electron chi connectivity index (χ4n) is 1.39. The number of carbonyl (C=O) groups is 2. The maximum absolute atomic E-state index is 11.7. The molecule has 0 heterocycles. The number of nitrogens with two attached hydrogens (primary N) is 1. The van der Waals surface area contributed by atoms with Crippen LogP contribution in [0.25, 0.3) is 0 Å². The normalized spacial score (nSPS) is 10.2. The maximum atomic E-state index is 11.7. The molecule has 0 saturated heterocycles. The van der Waals surface area contributed by atoms with Crippen molar-refractivity contribution >= 4 is 17.5 Å². The summed E-state index contributed by atoms with van der Waals surface area (Å²) in [6.45, 7) is 3.55. The van der Waals surface area contributed by atoms with Crippen LogP contribution in [0, 0.1) is 0 Å². The van der Waals surface area contributed by atoms with E-state index in [0.717, 1.165) is 0 Å². The molecular weight excluding hydrogens is 234 g/mol. The second-order valence-corrected chi connectivity index (χ2v) is 4.18. The quantitative estimate of drug-likeness (QED) is 0.575. The van der Waals surface area contributed by atoms with Gasteiger partial charge in [0.15, 0.2) is 0 Å². The van der Waals surface area contributed by atoms with E-state index in [1.54, 1.807) is 0 Å². The molecule has 0 atom stereocenters. The van der Waals surface area contributed by atoms with Crippen LogP contribution in [0.2, 0.25) is 0 Å². The Morgan fingerprint density at radius 2 is 2.06 bits per heavy atom. The largest absolute Gasteiger partial charge is 0.508 e. The lowest BCUT2D eigenvalue weighted by molar-refractivity contribution is -0.120. The summed E-state index contributed by atoms with van der Waals surface area (Å²) < 4.78 is 0. The lowest BCUT2D eigenvalue weighted by atomic mass is 10.1. The van der Waals surface area contributed by atoms with Crippen LogP contribution in [0.3, 0.4) is 0 Å². The van der Waals surface area contributed by atoms with Crippen molar-refractivity contribution in [1.82, 2.24) is 10.6 Å². The summed E-state index contributed by atoms with van der Waals surface area (Å²) >= 11 is 0. The first-order chi connectivity index (χ1) is 8.40. The third-order valence-electron chi connectivity index (χ3n) is 2.14. The monoisotopic (exact) mass is 251 g/mol. The van der Waals surface area contributed by atoms with Gasteiger partial charge in [-0.2, -0.15) is 0 Å². The van der Waals surface area contributed by atoms with Crippen LogP contribution in [0.4, 0.5) is 5.69 Å². The number of hydrogen-bond donors (Lipinski definition) is 4. The number of nitrogen functional groups attached to an aromatic ring is 1. The Hall–Kier alpha value is -2.24. The highest BCUT2D eigenvalue weighted by Crippen LogP contribution is 2.18. The van der Waals surface area contributed by atoms with Crippen LogP contribution in [0.15, 0.2) is 18.2 Å². The first-order valence-corrected chi connectivity index (χ1v) is 5.56. The molecule has 0 unspecified atom stereocenters. The topological polar surface area (TPSA) is 104 Å². The second kappa shape index (κ2) is 5.90. The van der Waals surface area contributed by atoms with Crippen molar-refractivity contribution in [3.63, 3.8) is 0 Å². The summed E-state index contributed by atoms with van der Waals surface area (Å²) in [6.07, 6.45) is 0. The molecule has 6 heteroatoms. The van der Waals surface area contributed by atoms with E-state index in [1.807, 2.05) is 13.8 Å². The number of carbonyl (C=O) groups excluding carboxylic acids is 2. The molecule has 0 aromatic heterocycles. The molecule has 1 rings (SSSR count). The maximum Gasteiger partial charge on any atom is 0.253 e. The van der Waals surface area contributed by atoms with Crippen LogP contribution in [0.5, 0.6) is 5.75 Å². The van der Waals surface area contributed by atoms with Crippen molar-refractivity contribution in [3.8, 4) is 5.75 Å². The molecule has 6 nitrogen and oxygen atoms in total. The van der Waals surface area contributed by atoms with E-state index in [1.165, 1.54) is 18.2 Å². The van der Waals surface area contributed by atoms with Crippen LogP contribution >= 0.6 is 0 Å². The number of phenols is 1. The van der Waals surface area contributed by atoms with Crippen molar-refractivity contribution in [1.29, 1.82) is 0 Å². The Morgan fingerprint density at radius 3 is 2.61 bits per heavy atom. The van der Waals surface area contributed by atoms with Gasteiger partial charge in [-0.15, -0.1) is 0 Å². The number of nitrogens with one attached hydrogen (secondary N) is 2. The van der Waals surface area contributed by atoms with Gasteiger partial charge in [0.05, 0.1) is 12.1 Å². The molecule has 5 N–H and O–H groups in total. The van der Waals surface area contributed by atoms with Gasteiger partial charge in [-0.3, -0.25) is 9.59 Å². The number of amides is 2. The molecule has 1 aromatic carbocycles. The van der Waals surface area contributed by atoms with Gasteiger partial charge in [-0.25, -0.2) is 0 Å². The number of rotatable bonds is 4. The molecule has 1 aromatic rings. The number of hydrogen-bond acceptors (Lipinski definition) is 4. The van der Waals surface area contributed by atoms with E-state index in [-0.39, 0.29) is 35.5 Å². The summed E-state index contributed by atoms with van der Waals surface area (Å²) in [5, 5.41) is 14.3. The smallest absolute Gasteiger partial charge is 0.253 e. The first-order valence-electron chi connectivity index (χ1n) is 5.56. The molecule has 0 bridgehead atoms. The summed E-state index contributed by atoms with van der Waals surface area (Å²) in [4.78, 5) is 23.0. The Labute approximate surface area is 105 Å². The molecule has 0 aliphatic heterocycles. The van der Waals surface area contributed by atoms with Gasteiger partial charge < -0.3 is 21.5 Å². The van der Waals surface area contributed by atoms with Crippen LogP contribution < -0.4 is 16.4 Å². The SMILES string of the molecule is CC(C)NC(=O)CNC(=O)c1ccc(O)cc1N. The molecule has 0 aliphatic rings. The highest BCUT2D eigenvalue weighted by Gasteiger charge is 2.11. The van der Waals surface area contributed by atoms with Gasteiger partial charge in [-0.05, 0) is 26.0 Å². The average molecular weight is 251 g/mol. The first kappa shape index (κ1) is 13.8. The second-order valence-electron chi connectivity index (χ2n) is 4.18. The highest BCUT2D eigenvalue weighted by atomic mass is 16.3. The van der Waals surface area contributed by atoms with Gasteiger partial charge in [0.25, 0.3) is 5.91 Å². The minimum atomic E-state index is -0.452. The summed E-state index contributed by atoms with van der Waals surface area (Å²) in [7, 11) is 0. The number of anilines is 1. The van der Waals surface area contributed by atoms with Gasteiger partial charge in [-0.1, -0.05) is 0 Å². The minimum absolute atomic E-state index is 0.0124. The fraction of sp³-hybridized carbons (Fsp3) is 0.333. The van der Waals surface area contributed by atoms with Crippen LogP contribution in [-0.4, -0.2) is 29.5 Å². The minimum Gasteiger partial charge on any atom is -0.508 e. The van der Waals surface area contributed by atoms with Gasteiger partial charge in [0.1, 0.15) is 5.75 Å². The number of aromatic hydroxyl groups is 1. The van der Waals surface area contributed by atoms with Crippen molar-refractivity contribution in [2.24, 2.45) is 0 Å². The predicted molar refractivity (Wildman–Crippen MR) is 68.1 cm³/mol. The third kappa shape index (κ3) is 3.97. The zero-order valence-corrected chi connectivity index (χ0v) is 10.4. The van der Waals surface area contributed by atoms with E-state index >= 15 is 0 Å². The van der Waals surface area contributed by atoms with E-state index < -0.39 is 5.91 Å².